The first-order valence-electron chi connectivity index (χ1n) is 8.06. The first-order valence-corrected chi connectivity index (χ1v) is 9.95. The Balaban J connectivity index is 1.72. The van der Waals surface area contributed by atoms with Gasteiger partial charge in [-0.2, -0.15) is 5.10 Å². The van der Waals surface area contributed by atoms with Crippen molar-refractivity contribution in [1.29, 1.82) is 0 Å². The molecular weight excluding hydrogens is 350 g/mol. The Morgan fingerprint density at radius 1 is 1.08 bits per heavy atom. The van der Waals surface area contributed by atoms with Crippen LogP contribution in [0.3, 0.4) is 0 Å². The van der Waals surface area contributed by atoms with Crippen LogP contribution in [0.2, 0.25) is 0 Å². The lowest BCUT2D eigenvalue weighted by molar-refractivity contribution is 0.0950. The van der Waals surface area contributed by atoms with Gasteiger partial charge in [-0.3, -0.25) is 9.48 Å². The number of aromatic nitrogens is 2. The molecule has 0 atom stereocenters. The molecule has 3 aromatic rings. The topological polar surface area (TPSA) is 81.1 Å². The molecule has 0 bridgehead atoms. The molecule has 26 heavy (non-hydrogen) atoms. The van der Waals surface area contributed by atoms with Gasteiger partial charge in [0.1, 0.15) is 0 Å². The fraction of sp³-hybridized carbons (Fsp3) is 0.158. The third-order valence-corrected chi connectivity index (χ3v) is 5.08. The SMILES string of the molecule is CS(=O)(=O)c1cccc(C(=O)NCc2ccccc2Cn2cccn2)c1. The van der Waals surface area contributed by atoms with Crippen LogP contribution in [0.15, 0.2) is 71.9 Å². The van der Waals surface area contributed by atoms with Crippen LogP contribution in [0.1, 0.15) is 21.5 Å². The van der Waals surface area contributed by atoms with Crippen molar-refractivity contribution in [3.8, 4) is 0 Å². The Kier molecular flexibility index (Phi) is 5.18. The molecule has 0 aliphatic heterocycles. The molecule has 1 aromatic heterocycles. The number of rotatable bonds is 6. The van der Waals surface area contributed by atoms with E-state index >= 15 is 0 Å². The van der Waals surface area contributed by atoms with Crippen molar-refractivity contribution in [3.63, 3.8) is 0 Å². The number of sulfone groups is 1. The molecule has 0 saturated carbocycles. The Labute approximate surface area is 152 Å². The van der Waals surface area contributed by atoms with Crippen LogP contribution in [-0.2, 0) is 22.9 Å². The average molecular weight is 369 g/mol. The van der Waals surface area contributed by atoms with Crippen molar-refractivity contribution in [2.24, 2.45) is 0 Å². The van der Waals surface area contributed by atoms with E-state index in [1.54, 1.807) is 18.3 Å². The molecule has 1 amide bonds. The van der Waals surface area contributed by atoms with Crippen LogP contribution in [0.25, 0.3) is 0 Å². The normalized spacial score (nSPS) is 11.3. The number of benzene rings is 2. The zero-order valence-electron chi connectivity index (χ0n) is 14.3. The molecule has 0 spiro atoms. The third-order valence-electron chi connectivity index (χ3n) is 3.97. The van der Waals surface area contributed by atoms with Gasteiger partial charge in [-0.05, 0) is 35.4 Å². The van der Waals surface area contributed by atoms with E-state index in [1.807, 2.05) is 41.2 Å². The van der Waals surface area contributed by atoms with E-state index in [0.29, 0.717) is 18.7 Å². The lowest BCUT2D eigenvalue weighted by atomic mass is 10.1. The average Bonchev–Trinajstić information content (AvgIpc) is 3.13. The summed E-state index contributed by atoms with van der Waals surface area (Å²) in [5, 5.41) is 7.05. The summed E-state index contributed by atoms with van der Waals surface area (Å²) in [4.78, 5) is 12.5. The van der Waals surface area contributed by atoms with E-state index < -0.39 is 9.84 Å². The smallest absolute Gasteiger partial charge is 0.251 e. The van der Waals surface area contributed by atoms with Gasteiger partial charge in [0.25, 0.3) is 5.91 Å². The van der Waals surface area contributed by atoms with Crippen LogP contribution < -0.4 is 5.32 Å². The summed E-state index contributed by atoms with van der Waals surface area (Å²) in [5.74, 6) is -0.315. The molecule has 0 radical (unpaired) electrons. The van der Waals surface area contributed by atoms with E-state index in [9.17, 15) is 13.2 Å². The maximum absolute atomic E-state index is 12.4. The van der Waals surface area contributed by atoms with Gasteiger partial charge in [0.15, 0.2) is 9.84 Å². The minimum Gasteiger partial charge on any atom is -0.348 e. The summed E-state index contributed by atoms with van der Waals surface area (Å²) >= 11 is 0. The van der Waals surface area contributed by atoms with E-state index in [4.69, 9.17) is 0 Å². The van der Waals surface area contributed by atoms with E-state index in [0.717, 1.165) is 17.4 Å². The van der Waals surface area contributed by atoms with Crippen molar-refractivity contribution in [2.45, 2.75) is 18.0 Å². The highest BCUT2D eigenvalue weighted by Gasteiger charge is 2.12. The van der Waals surface area contributed by atoms with Crippen LogP contribution in [0.5, 0.6) is 0 Å². The second-order valence-corrected chi connectivity index (χ2v) is 7.97. The number of amides is 1. The number of hydrogen-bond acceptors (Lipinski definition) is 4. The van der Waals surface area contributed by atoms with Gasteiger partial charge in [0.2, 0.25) is 0 Å². The van der Waals surface area contributed by atoms with E-state index in [2.05, 4.69) is 10.4 Å². The van der Waals surface area contributed by atoms with Crippen molar-refractivity contribution >= 4 is 15.7 Å². The Morgan fingerprint density at radius 2 is 1.85 bits per heavy atom. The predicted octanol–water partition coefficient (Wildman–Crippen LogP) is 2.26. The second kappa shape index (κ2) is 7.53. The fourth-order valence-corrected chi connectivity index (χ4v) is 3.27. The van der Waals surface area contributed by atoms with Gasteiger partial charge in [-0.25, -0.2) is 8.42 Å². The maximum Gasteiger partial charge on any atom is 0.251 e. The molecule has 7 heteroatoms. The highest BCUT2D eigenvalue weighted by atomic mass is 32.2. The van der Waals surface area contributed by atoms with Gasteiger partial charge in [0.05, 0.1) is 11.4 Å². The van der Waals surface area contributed by atoms with Crippen molar-refractivity contribution in [2.75, 3.05) is 6.26 Å². The third kappa shape index (κ3) is 4.37. The van der Waals surface area contributed by atoms with Gasteiger partial charge >= 0.3 is 0 Å². The van der Waals surface area contributed by atoms with Gasteiger partial charge in [-0.15, -0.1) is 0 Å². The first kappa shape index (κ1) is 17.9. The van der Waals surface area contributed by atoms with Crippen molar-refractivity contribution in [3.05, 3.63) is 83.7 Å². The van der Waals surface area contributed by atoms with E-state index in [-0.39, 0.29) is 10.8 Å². The van der Waals surface area contributed by atoms with Gasteiger partial charge in [-0.1, -0.05) is 30.3 Å². The predicted molar refractivity (Wildman–Crippen MR) is 98.5 cm³/mol. The monoisotopic (exact) mass is 369 g/mol. The number of carbonyl (C=O) groups excluding carboxylic acids is 1. The molecule has 0 aliphatic carbocycles. The largest absolute Gasteiger partial charge is 0.348 e. The summed E-state index contributed by atoms with van der Waals surface area (Å²) in [7, 11) is -3.35. The Hall–Kier alpha value is -2.93. The lowest BCUT2D eigenvalue weighted by Gasteiger charge is -2.11. The standard InChI is InChI=1S/C19H19N3O3S/c1-26(24,25)18-9-4-8-15(12-18)19(23)20-13-16-6-2-3-7-17(16)14-22-11-5-10-21-22/h2-12H,13-14H2,1H3,(H,20,23). The molecule has 134 valence electrons. The first-order chi connectivity index (χ1) is 12.4. The highest BCUT2D eigenvalue weighted by molar-refractivity contribution is 7.90. The van der Waals surface area contributed by atoms with Crippen molar-refractivity contribution < 1.29 is 13.2 Å². The number of hydrogen-bond donors (Lipinski definition) is 1. The zero-order valence-corrected chi connectivity index (χ0v) is 15.1. The lowest BCUT2D eigenvalue weighted by Crippen LogP contribution is -2.24. The number of nitrogens with zero attached hydrogens (tertiary/aromatic N) is 2. The molecule has 0 fully saturated rings. The van der Waals surface area contributed by atoms with Crippen LogP contribution in [0, 0.1) is 0 Å². The fourth-order valence-electron chi connectivity index (χ4n) is 2.60. The Morgan fingerprint density at radius 3 is 2.54 bits per heavy atom. The summed E-state index contributed by atoms with van der Waals surface area (Å²) in [6.45, 7) is 0.960. The van der Waals surface area contributed by atoms with Crippen LogP contribution in [0.4, 0.5) is 0 Å². The molecule has 1 N–H and O–H groups in total. The molecule has 0 saturated heterocycles. The van der Waals surface area contributed by atoms with Crippen LogP contribution in [-0.4, -0.2) is 30.4 Å². The van der Waals surface area contributed by atoms with E-state index in [1.165, 1.54) is 12.1 Å². The minimum absolute atomic E-state index is 0.129. The molecule has 1 heterocycles. The molecular formula is C19H19N3O3S. The molecule has 2 aromatic carbocycles. The quantitative estimate of drug-likeness (QED) is 0.723. The summed E-state index contributed by atoms with van der Waals surface area (Å²) in [6, 6.07) is 15.7. The summed E-state index contributed by atoms with van der Waals surface area (Å²) < 4.78 is 25.1. The highest BCUT2D eigenvalue weighted by Crippen LogP contribution is 2.13. The molecule has 0 unspecified atom stereocenters. The second-order valence-electron chi connectivity index (χ2n) is 5.96. The molecule has 0 aliphatic rings. The summed E-state index contributed by atoms with van der Waals surface area (Å²) in [6.07, 6.45) is 4.72. The van der Waals surface area contributed by atoms with Gasteiger partial charge in [0, 0.05) is 30.8 Å². The van der Waals surface area contributed by atoms with Crippen LogP contribution >= 0.6 is 0 Å². The molecule has 6 nitrogen and oxygen atoms in total. The Bertz CT molecular complexity index is 1010. The van der Waals surface area contributed by atoms with Crippen molar-refractivity contribution in [1.82, 2.24) is 15.1 Å². The number of nitrogens with one attached hydrogen (secondary N) is 1. The minimum atomic E-state index is -3.35. The maximum atomic E-state index is 12.4. The van der Waals surface area contributed by atoms with Gasteiger partial charge < -0.3 is 5.32 Å². The molecule has 3 rings (SSSR count). The zero-order chi connectivity index (χ0) is 18.6. The summed E-state index contributed by atoms with van der Waals surface area (Å²) in [5.41, 5.74) is 2.36. The number of carbonyl (C=O) groups is 1.